The van der Waals surface area contributed by atoms with Crippen molar-refractivity contribution in [1.82, 2.24) is 5.32 Å². The Hall–Kier alpha value is -1.62. The summed E-state index contributed by atoms with van der Waals surface area (Å²) in [7, 11) is 0. The summed E-state index contributed by atoms with van der Waals surface area (Å²) in [5.41, 5.74) is 5.69. The summed E-state index contributed by atoms with van der Waals surface area (Å²) < 4.78 is 18.4. The van der Waals surface area contributed by atoms with E-state index in [2.05, 4.69) is 5.32 Å². The van der Waals surface area contributed by atoms with Gasteiger partial charge in [-0.2, -0.15) is 0 Å². The number of carbonyl (C=O) groups excluding carboxylic acids is 1. The average molecular weight is 226 g/mol. The number of nitrogens with two attached hydrogens (primary N) is 1. The van der Waals surface area contributed by atoms with Crippen LogP contribution in [0.4, 0.5) is 4.39 Å². The minimum Gasteiger partial charge on any atom is -0.491 e. The molecule has 0 fully saturated rings. The Morgan fingerprint density at radius 1 is 1.56 bits per heavy atom. The highest BCUT2D eigenvalue weighted by atomic mass is 19.1. The molecule has 88 valence electrons. The maximum absolute atomic E-state index is 13.4. The maximum Gasteiger partial charge on any atom is 0.231 e. The molecule has 0 saturated carbocycles. The van der Waals surface area contributed by atoms with E-state index in [0.29, 0.717) is 13.2 Å². The second-order valence-electron chi connectivity index (χ2n) is 3.27. The highest BCUT2D eigenvalue weighted by Crippen LogP contribution is 2.18. The van der Waals surface area contributed by atoms with E-state index in [4.69, 9.17) is 10.5 Å². The number of carbonyl (C=O) groups is 1. The predicted octanol–water partition coefficient (Wildman–Crippen LogP) is 0.799. The lowest BCUT2D eigenvalue weighted by atomic mass is 10.2. The second-order valence-corrected chi connectivity index (χ2v) is 3.27. The number of primary amides is 1. The second kappa shape index (κ2) is 6.07. The Kier molecular flexibility index (Phi) is 4.72. The van der Waals surface area contributed by atoms with Gasteiger partial charge < -0.3 is 15.8 Å². The highest BCUT2D eigenvalue weighted by molar-refractivity contribution is 5.75. The molecule has 5 heteroatoms. The van der Waals surface area contributed by atoms with Gasteiger partial charge in [-0.15, -0.1) is 0 Å². The third-order valence-electron chi connectivity index (χ3n) is 1.92. The number of hydrogen-bond donors (Lipinski definition) is 2. The summed E-state index contributed by atoms with van der Waals surface area (Å²) in [6.07, 6.45) is 0. The average Bonchev–Trinajstić information content (AvgIpc) is 2.21. The fourth-order valence-corrected chi connectivity index (χ4v) is 1.26. The zero-order valence-electron chi connectivity index (χ0n) is 9.13. The first-order chi connectivity index (χ1) is 7.63. The molecule has 0 aliphatic rings. The largest absolute Gasteiger partial charge is 0.491 e. The van der Waals surface area contributed by atoms with Crippen molar-refractivity contribution < 1.29 is 13.9 Å². The number of ether oxygens (including phenoxy) is 1. The van der Waals surface area contributed by atoms with Crippen molar-refractivity contribution >= 4 is 5.91 Å². The van der Waals surface area contributed by atoms with E-state index in [1.807, 2.05) is 0 Å². The first kappa shape index (κ1) is 12.4. The number of benzene rings is 1. The van der Waals surface area contributed by atoms with Gasteiger partial charge in [0.25, 0.3) is 0 Å². The van der Waals surface area contributed by atoms with Gasteiger partial charge in [-0.25, -0.2) is 4.39 Å². The number of hydrogen-bond acceptors (Lipinski definition) is 3. The molecule has 0 aliphatic carbocycles. The molecule has 0 unspecified atom stereocenters. The first-order valence-electron chi connectivity index (χ1n) is 5.03. The van der Waals surface area contributed by atoms with Crippen LogP contribution >= 0.6 is 0 Å². The molecular weight excluding hydrogens is 211 g/mol. The first-order valence-corrected chi connectivity index (χ1v) is 5.03. The lowest BCUT2D eigenvalue weighted by Gasteiger charge is -2.07. The molecule has 0 aliphatic heterocycles. The fraction of sp³-hybridized carbons (Fsp3) is 0.364. The van der Waals surface area contributed by atoms with Gasteiger partial charge in [0, 0.05) is 6.54 Å². The van der Waals surface area contributed by atoms with Crippen molar-refractivity contribution in [3.63, 3.8) is 0 Å². The van der Waals surface area contributed by atoms with Crippen molar-refractivity contribution in [3.8, 4) is 5.75 Å². The lowest BCUT2D eigenvalue weighted by molar-refractivity contribution is -0.117. The van der Waals surface area contributed by atoms with Crippen LogP contribution in [0.3, 0.4) is 0 Å². The smallest absolute Gasteiger partial charge is 0.231 e. The summed E-state index contributed by atoms with van der Waals surface area (Å²) in [4.78, 5) is 10.5. The zero-order chi connectivity index (χ0) is 12.0. The summed E-state index contributed by atoms with van der Waals surface area (Å²) in [5, 5.41) is 2.80. The topological polar surface area (TPSA) is 64.3 Å². The van der Waals surface area contributed by atoms with Crippen LogP contribution in [-0.2, 0) is 11.3 Å². The van der Waals surface area contributed by atoms with Crippen molar-refractivity contribution in [3.05, 3.63) is 29.6 Å². The van der Waals surface area contributed by atoms with E-state index in [9.17, 15) is 9.18 Å². The summed E-state index contributed by atoms with van der Waals surface area (Å²) in [5.74, 6) is -0.604. The molecule has 0 spiro atoms. The van der Waals surface area contributed by atoms with E-state index in [-0.39, 0.29) is 12.3 Å². The summed E-state index contributed by atoms with van der Waals surface area (Å²) in [6.45, 7) is 2.69. The minimum atomic E-state index is -0.439. The quantitative estimate of drug-likeness (QED) is 0.754. The van der Waals surface area contributed by atoms with Crippen molar-refractivity contribution in [1.29, 1.82) is 0 Å². The Balaban J connectivity index is 2.55. The standard InChI is InChI=1S/C11H15FN2O2/c1-2-16-10-4-3-8(5-9(10)12)6-14-7-11(13)15/h3-5,14H,2,6-7H2,1H3,(H2,13,15). The molecule has 1 aromatic rings. The van der Waals surface area contributed by atoms with Crippen molar-refractivity contribution in [2.24, 2.45) is 5.73 Å². The van der Waals surface area contributed by atoms with Gasteiger partial charge in [0.1, 0.15) is 0 Å². The van der Waals surface area contributed by atoms with Crippen LogP contribution in [0.15, 0.2) is 18.2 Å². The van der Waals surface area contributed by atoms with E-state index in [1.54, 1.807) is 19.1 Å². The van der Waals surface area contributed by atoms with E-state index < -0.39 is 11.7 Å². The number of nitrogens with one attached hydrogen (secondary N) is 1. The van der Waals surface area contributed by atoms with Gasteiger partial charge in [-0.1, -0.05) is 6.07 Å². The third-order valence-corrected chi connectivity index (χ3v) is 1.92. The van der Waals surface area contributed by atoms with E-state index in [1.165, 1.54) is 6.07 Å². The Morgan fingerprint density at radius 2 is 2.31 bits per heavy atom. The molecule has 0 radical (unpaired) electrons. The Morgan fingerprint density at radius 3 is 2.88 bits per heavy atom. The van der Waals surface area contributed by atoms with Gasteiger partial charge in [-0.05, 0) is 24.6 Å². The van der Waals surface area contributed by atoms with Crippen molar-refractivity contribution in [2.75, 3.05) is 13.2 Å². The third kappa shape index (κ3) is 3.86. The number of rotatable bonds is 6. The molecule has 16 heavy (non-hydrogen) atoms. The molecule has 1 rings (SSSR count). The van der Waals surface area contributed by atoms with Gasteiger partial charge in [0.2, 0.25) is 5.91 Å². The fourth-order valence-electron chi connectivity index (χ4n) is 1.26. The predicted molar refractivity (Wildman–Crippen MR) is 58.5 cm³/mol. The monoisotopic (exact) mass is 226 g/mol. The van der Waals surface area contributed by atoms with Gasteiger partial charge in [0.15, 0.2) is 11.6 Å². The number of amides is 1. The molecular formula is C11H15FN2O2. The van der Waals surface area contributed by atoms with Crippen molar-refractivity contribution in [2.45, 2.75) is 13.5 Å². The van der Waals surface area contributed by atoms with E-state index >= 15 is 0 Å². The van der Waals surface area contributed by atoms with Crippen LogP contribution in [0.1, 0.15) is 12.5 Å². The SMILES string of the molecule is CCOc1ccc(CNCC(N)=O)cc1F. The summed E-state index contributed by atoms with van der Waals surface area (Å²) >= 11 is 0. The van der Waals surface area contributed by atoms with Crippen LogP contribution in [0.25, 0.3) is 0 Å². The van der Waals surface area contributed by atoms with Crippen LogP contribution in [0.2, 0.25) is 0 Å². The molecule has 4 nitrogen and oxygen atoms in total. The highest BCUT2D eigenvalue weighted by Gasteiger charge is 2.04. The molecule has 3 N–H and O–H groups in total. The molecule has 0 aromatic heterocycles. The van der Waals surface area contributed by atoms with Gasteiger partial charge in [-0.3, -0.25) is 4.79 Å². The molecule has 0 atom stereocenters. The van der Waals surface area contributed by atoms with Gasteiger partial charge in [0.05, 0.1) is 13.2 Å². The van der Waals surface area contributed by atoms with Crippen LogP contribution in [-0.4, -0.2) is 19.1 Å². The zero-order valence-corrected chi connectivity index (χ0v) is 9.13. The Labute approximate surface area is 93.6 Å². The Bertz CT molecular complexity index is 369. The van der Waals surface area contributed by atoms with Gasteiger partial charge >= 0.3 is 0 Å². The normalized spacial score (nSPS) is 10.1. The molecule has 0 heterocycles. The van der Waals surface area contributed by atoms with Crippen LogP contribution in [0, 0.1) is 5.82 Å². The molecule has 0 saturated heterocycles. The minimum absolute atomic E-state index is 0.0782. The number of halogens is 1. The van der Waals surface area contributed by atoms with Crippen LogP contribution < -0.4 is 15.8 Å². The van der Waals surface area contributed by atoms with E-state index in [0.717, 1.165) is 5.56 Å². The lowest BCUT2D eigenvalue weighted by Crippen LogP contribution is -2.28. The summed E-state index contributed by atoms with van der Waals surface area (Å²) in [6, 6.07) is 4.68. The molecule has 0 bridgehead atoms. The van der Waals surface area contributed by atoms with Crippen LogP contribution in [0.5, 0.6) is 5.75 Å². The molecule has 1 amide bonds. The molecule has 1 aromatic carbocycles. The maximum atomic E-state index is 13.4.